The van der Waals surface area contributed by atoms with Crippen LogP contribution in [0.2, 0.25) is 0 Å². The zero-order valence-electron chi connectivity index (χ0n) is 17.1. The minimum absolute atomic E-state index is 0.0496. The normalized spacial score (nSPS) is 12.0. The number of carbonyl (C=O) groups excluding carboxylic acids is 1. The van der Waals surface area contributed by atoms with Crippen LogP contribution in [-0.4, -0.2) is 29.4 Å². The van der Waals surface area contributed by atoms with Gasteiger partial charge < -0.3 is 10.1 Å². The third-order valence-electron chi connectivity index (χ3n) is 5.67. The Bertz CT molecular complexity index is 1300. The van der Waals surface area contributed by atoms with Gasteiger partial charge in [0.05, 0.1) is 18.3 Å². The second-order valence-corrected chi connectivity index (χ2v) is 7.61. The number of aryl methyl sites for hydroxylation is 1. The van der Waals surface area contributed by atoms with E-state index in [0.717, 1.165) is 22.0 Å². The Morgan fingerprint density at radius 1 is 1.10 bits per heavy atom. The molecule has 5 nitrogen and oxygen atoms in total. The molecule has 0 radical (unpaired) electrons. The molecule has 4 aromatic rings. The van der Waals surface area contributed by atoms with Crippen molar-refractivity contribution < 1.29 is 9.53 Å². The van der Waals surface area contributed by atoms with E-state index in [1.54, 1.807) is 6.20 Å². The fraction of sp³-hybridized carbons (Fsp3) is 0.154. The summed E-state index contributed by atoms with van der Waals surface area (Å²) in [6.07, 6.45) is 1.31. The second kappa shape index (κ2) is 8.00. The Balaban J connectivity index is 1.21. The summed E-state index contributed by atoms with van der Waals surface area (Å²) in [7, 11) is 0. The van der Waals surface area contributed by atoms with Crippen molar-refractivity contribution >= 4 is 17.0 Å². The molecule has 1 aliphatic carbocycles. The fourth-order valence-electron chi connectivity index (χ4n) is 4.14. The summed E-state index contributed by atoms with van der Waals surface area (Å²) in [5.74, 6) is 6.16. The van der Waals surface area contributed by atoms with Crippen LogP contribution in [-0.2, 0) is 4.74 Å². The van der Waals surface area contributed by atoms with Crippen molar-refractivity contribution in [3.8, 4) is 23.0 Å². The number of alkyl carbamates (subject to hydrolysis) is 1. The molecule has 0 bridgehead atoms. The summed E-state index contributed by atoms with van der Waals surface area (Å²) in [5, 5.41) is 10.7. The number of aromatic amines is 1. The Kier molecular flexibility index (Phi) is 4.89. The number of benzene rings is 3. The van der Waals surface area contributed by atoms with E-state index in [1.807, 2.05) is 43.3 Å². The smallest absolute Gasteiger partial charge is 0.407 e. The molecule has 1 aliphatic rings. The van der Waals surface area contributed by atoms with Crippen LogP contribution in [0.25, 0.3) is 22.0 Å². The highest BCUT2D eigenvalue weighted by atomic mass is 16.5. The van der Waals surface area contributed by atoms with E-state index in [0.29, 0.717) is 6.61 Å². The average Bonchev–Trinajstić information content (AvgIpc) is 3.37. The molecule has 0 aliphatic heterocycles. The molecule has 0 fully saturated rings. The van der Waals surface area contributed by atoms with Crippen LogP contribution in [0.3, 0.4) is 0 Å². The van der Waals surface area contributed by atoms with E-state index in [-0.39, 0.29) is 12.5 Å². The first kappa shape index (κ1) is 19.0. The highest BCUT2D eigenvalue weighted by Gasteiger charge is 2.28. The monoisotopic (exact) mass is 407 g/mol. The summed E-state index contributed by atoms with van der Waals surface area (Å²) < 4.78 is 5.53. The van der Waals surface area contributed by atoms with Crippen LogP contribution in [0, 0.1) is 18.8 Å². The maximum Gasteiger partial charge on any atom is 0.407 e. The van der Waals surface area contributed by atoms with Crippen LogP contribution < -0.4 is 5.32 Å². The first-order chi connectivity index (χ1) is 15.2. The van der Waals surface area contributed by atoms with Gasteiger partial charge in [-0.3, -0.25) is 5.10 Å². The van der Waals surface area contributed by atoms with Crippen LogP contribution in [0.1, 0.15) is 28.2 Å². The third kappa shape index (κ3) is 3.64. The third-order valence-corrected chi connectivity index (χ3v) is 5.67. The van der Waals surface area contributed by atoms with Gasteiger partial charge in [0.25, 0.3) is 0 Å². The predicted molar refractivity (Wildman–Crippen MR) is 121 cm³/mol. The first-order valence-corrected chi connectivity index (χ1v) is 10.2. The molecule has 5 heteroatoms. The standard InChI is InChI=1S/C26H21N3O2/c1-17-13-25-19(15-28-29-25)14-18(17)7-6-12-27-26(30)31-16-24-22-10-4-2-8-20(22)21-9-3-5-11-23(21)24/h2-5,8-11,13-15,24H,12,16H2,1H3,(H,27,30)(H,28,29). The van der Waals surface area contributed by atoms with Crippen LogP contribution in [0.4, 0.5) is 4.79 Å². The maximum atomic E-state index is 12.2. The van der Waals surface area contributed by atoms with Gasteiger partial charge >= 0.3 is 6.09 Å². The first-order valence-electron chi connectivity index (χ1n) is 10.2. The van der Waals surface area contributed by atoms with Crippen molar-refractivity contribution in [1.29, 1.82) is 0 Å². The minimum atomic E-state index is -0.460. The number of nitrogens with one attached hydrogen (secondary N) is 2. The summed E-state index contributed by atoms with van der Waals surface area (Å²) in [4.78, 5) is 12.2. The largest absolute Gasteiger partial charge is 0.449 e. The summed E-state index contributed by atoms with van der Waals surface area (Å²) in [5.41, 5.74) is 7.78. The highest BCUT2D eigenvalue weighted by molar-refractivity contribution is 5.81. The number of hydrogen-bond acceptors (Lipinski definition) is 3. The molecular formula is C26H21N3O2. The SMILES string of the molecule is Cc1cc2[nH]ncc2cc1C#CCNC(=O)OCC1c2ccccc2-c2ccccc21. The van der Waals surface area contributed by atoms with Crippen LogP contribution >= 0.6 is 0 Å². The number of aromatic nitrogens is 2. The topological polar surface area (TPSA) is 67.0 Å². The molecule has 3 aromatic carbocycles. The van der Waals surface area contributed by atoms with Crippen molar-refractivity contribution in [3.63, 3.8) is 0 Å². The summed E-state index contributed by atoms with van der Waals surface area (Å²) >= 11 is 0. The lowest BCUT2D eigenvalue weighted by atomic mass is 9.98. The van der Waals surface area contributed by atoms with Crippen molar-refractivity contribution in [3.05, 3.63) is 89.1 Å². The van der Waals surface area contributed by atoms with Crippen molar-refractivity contribution in [1.82, 2.24) is 15.5 Å². The Morgan fingerprint density at radius 3 is 2.55 bits per heavy atom. The van der Waals surface area contributed by atoms with Gasteiger partial charge in [0.15, 0.2) is 0 Å². The van der Waals surface area contributed by atoms with E-state index in [1.165, 1.54) is 22.3 Å². The molecule has 2 N–H and O–H groups in total. The molecule has 0 saturated carbocycles. The van der Waals surface area contributed by atoms with Crippen LogP contribution in [0.5, 0.6) is 0 Å². The molecule has 1 amide bonds. The number of ether oxygens (including phenoxy) is 1. The van der Waals surface area contributed by atoms with Crippen molar-refractivity contribution in [2.75, 3.05) is 13.2 Å². The van der Waals surface area contributed by atoms with Crippen molar-refractivity contribution in [2.45, 2.75) is 12.8 Å². The number of fused-ring (bicyclic) bond motifs is 4. The van der Waals surface area contributed by atoms with E-state index < -0.39 is 6.09 Å². The van der Waals surface area contributed by atoms with E-state index in [9.17, 15) is 4.79 Å². The number of carbonyl (C=O) groups is 1. The summed E-state index contributed by atoms with van der Waals surface area (Å²) in [6, 6.07) is 20.6. The van der Waals surface area contributed by atoms with Gasteiger partial charge in [0.2, 0.25) is 0 Å². The molecule has 31 heavy (non-hydrogen) atoms. The quantitative estimate of drug-likeness (QED) is 0.481. The Morgan fingerprint density at radius 2 is 1.81 bits per heavy atom. The maximum absolute atomic E-state index is 12.2. The average molecular weight is 407 g/mol. The van der Waals surface area contributed by atoms with Gasteiger partial charge in [0, 0.05) is 16.9 Å². The van der Waals surface area contributed by atoms with Crippen LogP contribution in [0.15, 0.2) is 66.9 Å². The molecule has 0 spiro atoms. The van der Waals surface area contributed by atoms with Gasteiger partial charge in [-0.05, 0) is 46.9 Å². The van der Waals surface area contributed by atoms with Gasteiger partial charge in [0.1, 0.15) is 6.61 Å². The molecule has 0 saturated heterocycles. The number of amides is 1. The lowest BCUT2D eigenvalue weighted by Gasteiger charge is -2.14. The number of H-pyrrole nitrogens is 1. The van der Waals surface area contributed by atoms with E-state index >= 15 is 0 Å². The number of rotatable bonds is 3. The molecule has 1 heterocycles. The number of nitrogens with zero attached hydrogens (tertiary/aromatic N) is 1. The Hall–Kier alpha value is -4.04. The fourth-order valence-corrected chi connectivity index (χ4v) is 4.14. The summed E-state index contributed by atoms with van der Waals surface area (Å²) in [6.45, 7) is 2.52. The van der Waals surface area contributed by atoms with Gasteiger partial charge in [-0.25, -0.2) is 4.79 Å². The molecule has 0 atom stereocenters. The van der Waals surface area contributed by atoms with Crippen molar-refractivity contribution in [2.24, 2.45) is 0 Å². The molecule has 152 valence electrons. The zero-order chi connectivity index (χ0) is 21.2. The molecule has 0 unspecified atom stereocenters. The minimum Gasteiger partial charge on any atom is -0.449 e. The zero-order valence-corrected chi connectivity index (χ0v) is 17.1. The molecular weight excluding hydrogens is 386 g/mol. The van der Waals surface area contributed by atoms with E-state index in [2.05, 4.69) is 51.6 Å². The lowest BCUT2D eigenvalue weighted by Crippen LogP contribution is -2.26. The second-order valence-electron chi connectivity index (χ2n) is 7.61. The van der Waals surface area contributed by atoms with Gasteiger partial charge in [-0.15, -0.1) is 0 Å². The molecule has 1 aromatic heterocycles. The van der Waals surface area contributed by atoms with Gasteiger partial charge in [-0.2, -0.15) is 5.10 Å². The Labute approximate surface area is 180 Å². The highest BCUT2D eigenvalue weighted by Crippen LogP contribution is 2.44. The lowest BCUT2D eigenvalue weighted by molar-refractivity contribution is 0.144. The molecule has 5 rings (SSSR count). The number of hydrogen-bond donors (Lipinski definition) is 2. The van der Waals surface area contributed by atoms with Gasteiger partial charge in [-0.1, -0.05) is 60.4 Å². The van der Waals surface area contributed by atoms with E-state index in [4.69, 9.17) is 4.74 Å². The predicted octanol–water partition coefficient (Wildman–Crippen LogP) is 4.76.